The third-order valence-electron chi connectivity index (χ3n) is 2.61. The van der Waals surface area contributed by atoms with E-state index in [4.69, 9.17) is 16.3 Å². The molecular formula is C15H13ClN2O2. The number of rotatable bonds is 4. The number of anilines is 1. The van der Waals surface area contributed by atoms with Crippen LogP contribution in [0, 0.1) is 0 Å². The number of hydrogen-bond donors (Lipinski definition) is 0. The number of carbonyl (C=O) groups is 1. The molecule has 0 aliphatic carbocycles. The van der Waals surface area contributed by atoms with Crippen LogP contribution in [-0.2, 0) is 0 Å². The first-order valence-corrected chi connectivity index (χ1v) is 6.31. The first-order chi connectivity index (χ1) is 9.70. The average Bonchev–Trinajstić information content (AvgIpc) is 2.49. The standard InChI is InChI=1S/C15H13ClN2O2/c1-20-14-9-7-12(8-10-14)11-17-18(15(16)19)13-5-3-2-4-6-13/h2-11H,1H3/b17-11-. The topological polar surface area (TPSA) is 41.9 Å². The van der Waals surface area contributed by atoms with Gasteiger partial charge >= 0.3 is 5.37 Å². The summed E-state index contributed by atoms with van der Waals surface area (Å²) in [5.41, 5.74) is 1.45. The van der Waals surface area contributed by atoms with Crippen molar-refractivity contribution in [1.29, 1.82) is 0 Å². The Bertz CT molecular complexity index is 597. The fourth-order valence-corrected chi connectivity index (χ4v) is 1.74. The van der Waals surface area contributed by atoms with Gasteiger partial charge in [0.1, 0.15) is 5.75 Å². The van der Waals surface area contributed by atoms with Gasteiger partial charge in [-0.05, 0) is 53.6 Å². The third-order valence-corrected chi connectivity index (χ3v) is 2.77. The molecule has 4 nitrogen and oxygen atoms in total. The molecule has 0 aliphatic rings. The van der Waals surface area contributed by atoms with Gasteiger partial charge in [0, 0.05) is 0 Å². The minimum Gasteiger partial charge on any atom is -0.497 e. The number of benzene rings is 2. The van der Waals surface area contributed by atoms with E-state index < -0.39 is 5.37 Å². The maximum atomic E-state index is 11.4. The van der Waals surface area contributed by atoms with Gasteiger partial charge < -0.3 is 4.74 Å². The lowest BCUT2D eigenvalue weighted by Gasteiger charge is -2.12. The van der Waals surface area contributed by atoms with E-state index in [1.54, 1.807) is 25.5 Å². The number of hydrogen-bond acceptors (Lipinski definition) is 3. The zero-order valence-electron chi connectivity index (χ0n) is 10.9. The number of para-hydroxylation sites is 1. The Labute approximate surface area is 122 Å². The summed E-state index contributed by atoms with van der Waals surface area (Å²) < 4.78 is 5.07. The summed E-state index contributed by atoms with van der Waals surface area (Å²) in [4.78, 5) is 11.4. The van der Waals surface area contributed by atoms with Gasteiger partial charge in [0.15, 0.2) is 0 Å². The van der Waals surface area contributed by atoms with Crippen LogP contribution in [0.15, 0.2) is 59.7 Å². The summed E-state index contributed by atoms with van der Waals surface area (Å²) in [5.74, 6) is 0.760. The Morgan fingerprint density at radius 3 is 2.35 bits per heavy atom. The highest BCUT2D eigenvalue weighted by atomic mass is 35.5. The van der Waals surface area contributed by atoms with Crippen molar-refractivity contribution in [2.24, 2.45) is 5.10 Å². The van der Waals surface area contributed by atoms with E-state index in [1.165, 1.54) is 0 Å². The number of amides is 1. The van der Waals surface area contributed by atoms with Crippen molar-refractivity contribution in [1.82, 2.24) is 0 Å². The number of carbonyl (C=O) groups excluding carboxylic acids is 1. The Hall–Kier alpha value is -2.33. The predicted octanol–water partition coefficient (Wildman–Crippen LogP) is 3.89. The fraction of sp³-hybridized carbons (Fsp3) is 0.0667. The van der Waals surface area contributed by atoms with E-state index in [-0.39, 0.29) is 0 Å². The third kappa shape index (κ3) is 3.59. The second-order valence-electron chi connectivity index (χ2n) is 3.92. The second kappa shape index (κ2) is 6.73. The molecule has 0 radical (unpaired) electrons. The Morgan fingerprint density at radius 2 is 1.80 bits per heavy atom. The summed E-state index contributed by atoms with van der Waals surface area (Å²) in [6.45, 7) is 0. The predicted molar refractivity (Wildman–Crippen MR) is 80.8 cm³/mol. The van der Waals surface area contributed by atoms with Gasteiger partial charge in [-0.15, -0.1) is 0 Å². The highest BCUT2D eigenvalue weighted by Crippen LogP contribution is 2.16. The van der Waals surface area contributed by atoms with Crippen LogP contribution < -0.4 is 9.75 Å². The second-order valence-corrected chi connectivity index (χ2v) is 4.24. The minimum absolute atomic E-state index is 0.609. The van der Waals surface area contributed by atoms with Crippen LogP contribution in [0.25, 0.3) is 0 Å². The maximum Gasteiger partial charge on any atom is 0.341 e. The van der Waals surface area contributed by atoms with E-state index in [0.29, 0.717) is 5.69 Å². The van der Waals surface area contributed by atoms with E-state index >= 15 is 0 Å². The molecular weight excluding hydrogens is 276 g/mol. The lowest BCUT2D eigenvalue weighted by molar-refractivity contribution is 0.264. The van der Waals surface area contributed by atoms with Gasteiger partial charge in [-0.25, -0.2) is 0 Å². The molecule has 0 spiro atoms. The smallest absolute Gasteiger partial charge is 0.341 e. The number of nitrogens with zero attached hydrogens (tertiary/aromatic N) is 2. The van der Waals surface area contributed by atoms with Crippen molar-refractivity contribution in [2.45, 2.75) is 0 Å². The molecule has 2 rings (SSSR count). The van der Waals surface area contributed by atoms with Gasteiger partial charge in [-0.1, -0.05) is 18.2 Å². The molecule has 2 aromatic rings. The van der Waals surface area contributed by atoms with Crippen LogP contribution in [0.2, 0.25) is 0 Å². The SMILES string of the molecule is COc1ccc(/C=N\N(C(=O)Cl)c2ccccc2)cc1. The highest BCUT2D eigenvalue weighted by molar-refractivity contribution is 6.66. The Balaban J connectivity index is 2.19. The highest BCUT2D eigenvalue weighted by Gasteiger charge is 2.10. The first-order valence-electron chi connectivity index (χ1n) is 5.93. The molecule has 20 heavy (non-hydrogen) atoms. The molecule has 0 bridgehead atoms. The molecule has 0 aliphatic heterocycles. The maximum absolute atomic E-state index is 11.4. The van der Waals surface area contributed by atoms with E-state index in [0.717, 1.165) is 16.3 Å². The molecule has 0 heterocycles. The minimum atomic E-state index is -0.666. The monoisotopic (exact) mass is 288 g/mol. The number of halogens is 1. The Morgan fingerprint density at radius 1 is 1.15 bits per heavy atom. The van der Waals surface area contributed by atoms with E-state index in [2.05, 4.69) is 5.10 Å². The van der Waals surface area contributed by atoms with Crippen LogP contribution >= 0.6 is 11.6 Å². The van der Waals surface area contributed by atoms with Gasteiger partial charge in [-0.2, -0.15) is 10.1 Å². The van der Waals surface area contributed by atoms with Crippen molar-refractivity contribution in [3.05, 3.63) is 60.2 Å². The van der Waals surface area contributed by atoms with Gasteiger partial charge in [0.05, 0.1) is 19.0 Å². The van der Waals surface area contributed by atoms with Crippen LogP contribution in [0.1, 0.15) is 5.56 Å². The van der Waals surface area contributed by atoms with Crippen LogP contribution in [-0.4, -0.2) is 18.7 Å². The fourth-order valence-electron chi connectivity index (χ4n) is 1.60. The van der Waals surface area contributed by atoms with Crippen molar-refractivity contribution >= 4 is 28.9 Å². The molecule has 0 aromatic heterocycles. The summed E-state index contributed by atoms with van der Waals surface area (Å²) >= 11 is 5.55. The van der Waals surface area contributed by atoms with Crippen molar-refractivity contribution in [3.8, 4) is 5.75 Å². The zero-order chi connectivity index (χ0) is 14.4. The summed E-state index contributed by atoms with van der Waals surface area (Å²) in [6, 6.07) is 16.3. The Kier molecular flexibility index (Phi) is 4.74. The molecule has 0 unspecified atom stereocenters. The van der Waals surface area contributed by atoms with Gasteiger partial charge in [0.25, 0.3) is 0 Å². The lowest BCUT2D eigenvalue weighted by atomic mass is 10.2. The van der Waals surface area contributed by atoms with Crippen molar-refractivity contribution < 1.29 is 9.53 Å². The number of methoxy groups -OCH3 is 1. The molecule has 0 atom stereocenters. The largest absolute Gasteiger partial charge is 0.497 e. The van der Waals surface area contributed by atoms with Crippen LogP contribution in [0.4, 0.5) is 10.5 Å². The molecule has 5 heteroatoms. The van der Waals surface area contributed by atoms with Crippen molar-refractivity contribution in [2.75, 3.05) is 12.1 Å². The zero-order valence-corrected chi connectivity index (χ0v) is 11.6. The summed E-state index contributed by atoms with van der Waals surface area (Å²) in [6.07, 6.45) is 1.56. The number of hydrazone groups is 1. The summed E-state index contributed by atoms with van der Waals surface area (Å²) in [5, 5.41) is 4.57. The molecule has 2 aromatic carbocycles. The van der Waals surface area contributed by atoms with E-state index in [1.807, 2.05) is 42.5 Å². The quantitative estimate of drug-likeness (QED) is 0.371. The van der Waals surface area contributed by atoms with Crippen LogP contribution in [0.5, 0.6) is 5.75 Å². The lowest BCUT2D eigenvalue weighted by Crippen LogP contribution is -2.18. The first kappa shape index (κ1) is 14.1. The molecule has 102 valence electrons. The average molecular weight is 289 g/mol. The van der Waals surface area contributed by atoms with Gasteiger partial charge in [-0.3, -0.25) is 4.79 Å². The summed E-state index contributed by atoms with van der Waals surface area (Å²) in [7, 11) is 1.60. The molecule has 0 fully saturated rings. The van der Waals surface area contributed by atoms with Crippen molar-refractivity contribution in [3.63, 3.8) is 0 Å². The number of ether oxygens (including phenoxy) is 1. The molecule has 0 N–H and O–H groups in total. The van der Waals surface area contributed by atoms with Gasteiger partial charge in [0.2, 0.25) is 0 Å². The van der Waals surface area contributed by atoms with Crippen LogP contribution in [0.3, 0.4) is 0 Å². The molecule has 1 amide bonds. The molecule has 0 saturated carbocycles. The van der Waals surface area contributed by atoms with E-state index in [9.17, 15) is 4.79 Å². The normalized spacial score (nSPS) is 10.5. The molecule has 0 saturated heterocycles.